The fourth-order valence-corrected chi connectivity index (χ4v) is 4.00. The number of nitro benzene ring substituents is 1. The summed E-state index contributed by atoms with van der Waals surface area (Å²) in [5.74, 6) is -0.254. The Labute approximate surface area is 166 Å². The van der Waals surface area contributed by atoms with Gasteiger partial charge in [-0.15, -0.1) is 0 Å². The molecule has 0 saturated carbocycles. The highest BCUT2D eigenvalue weighted by Gasteiger charge is 2.13. The number of hydrogen-bond donors (Lipinski definition) is 0. The molecule has 28 heavy (non-hydrogen) atoms. The molecule has 8 heteroatoms. The molecule has 0 saturated heterocycles. The minimum Gasteiger partial charge on any atom is -0.383 e. The highest BCUT2D eigenvalue weighted by Crippen LogP contribution is 2.23. The van der Waals surface area contributed by atoms with Crippen LogP contribution in [0.5, 0.6) is 0 Å². The Morgan fingerprint density at radius 2 is 2.00 bits per heavy atom. The number of thiazole rings is 1. The zero-order valence-electron chi connectivity index (χ0n) is 16.0. The summed E-state index contributed by atoms with van der Waals surface area (Å²) in [6, 6.07) is 10.6. The van der Waals surface area contributed by atoms with Crippen molar-refractivity contribution < 1.29 is 14.5 Å². The molecule has 0 bridgehead atoms. The Balaban J connectivity index is 1.99. The molecule has 0 fully saturated rings. The van der Waals surface area contributed by atoms with E-state index in [1.54, 1.807) is 13.2 Å². The monoisotopic (exact) mass is 399 g/mol. The van der Waals surface area contributed by atoms with E-state index in [2.05, 4.69) is 4.99 Å². The number of nitrogens with zero attached hydrogens (tertiary/aromatic N) is 3. The number of non-ortho nitro benzene ring substituents is 1. The third-order valence-corrected chi connectivity index (χ3v) is 5.58. The van der Waals surface area contributed by atoms with Gasteiger partial charge in [-0.05, 0) is 36.6 Å². The summed E-state index contributed by atoms with van der Waals surface area (Å²) >= 11 is 1.27. The number of nitro groups is 1. The van der Waals surface area contributed by atoms with Crippen LogP contribution in [0.15, 0.2) is 41.4 Å². The zero-order chi connectivity index (χ0) is 20.3. The molecule has 1 amide bonds. The van der Waals surface area contributed by atoms with Crippen LogP contribution in [0.1, 0.15) is 16.7 Å². The van der Waals surface area contributed by atoms with Crippen molar-refractivity contribution >= 4 is 33.1 Å². The molecule has 3 rings (SSSR count). The number of fused-ring (bicyclic) bond motifs is 1. The maximum Gasteiger partial charge on any atom is 0.270 e. The molecule has 0 unspecified atom stereocenters. The number of rotatable bonds is 6. The lowest BCUT2D eigenvalue weighted by Crippen LogP contribution is -2.19. The zero-order valence-corrected chi connectivity index (χ0v) is 16.8. The third kappa shape index (κ3) is 4.35. The second-order valence-corrected chi connectivity index (χ2v) is 7.55. The maximum atomic E-state index is 12.5. The Bertz CT molecular complexity index is 1110. The molecule has 0 aliphatic rings. The SMILES string of the molecule is COCCn1c(=NC(=O)Cc2ccc(C)c(C)c2)sc2cc([N+](=O)[O-])ccc21. The lowest BCUT2D eigenvalue weighted by Gasteiger charge is -2.05. The van der Waals surface area contributed by atoms with E-state index < -0.39 is 4.92 Å². The van der Waals surface area contributed by atoms with Crippen molar-refractivity contribution in [2.24, 2.45) is 4.99 Å². The van der Waals surface area contributed by atoms with E-state index in [-0.39, 0.29) is 18.0 Å². The van der Waals surface area contributed by atoms with Crippen molar-refractivity contribution in [2.75, 3.05) is 13.7 Å². The van der Waals surface area contributed by atoms with Gasteiger partial charge in [0.05, 0.1) is 28.2 Å². The van der Waals surface area contributed by atoms with Gasteiger partial charge in [0.2, 0.25) is 0 Å². The molecular weight excluding hydrogens is 378 g/mol. The average Bonchev–Trinajstić information content (AvgIpc) is 2.98. The number of carbonyl (C=O) groups excluding carboxylic acids is 1. The first-order chi connectivity index (χ1) is 13.4. The molecule has 0 atom stereocenters. The first-order valence-corrected chi connectivity index (χ1v) is 9.61. The minimum atomic E-state index is -0.430. The van der Waals surface area contributed by atoms with Crippen LogP contribution in [0, 0.1) is 24.0 Å². The Morgan fingerprint density at radius 1 is 1.21 bits per heavy atom. The second-order valence-electron chi connectivity index (χ2n) is 6.54. The highest BCUT2D eigenvalue weighted by molar-refractivity contribution is 7.16. The quantitative estimate of drug-likeness (QED) is 0.469. The molecular formula is C20H21N3O4S. The van der Waals surface area contributed by atoms with Crippen molar-refractivity contribution in [3.63, 3.8) is 0 Å². The summed E-state index contributed by atoms with van der Waals surface area (Å²) in [6.45, 7) is 4.99. The molecule has 0 N–H and O–H groups in total. The molecule has 146 valence electrons. The number of aryl methyl sites for hydroxylation is 2. The molecule has 0 spiro atoms. The van der Waals surface area contributed by atoms with Crippen molar-refractivity contribution in [1.82, 2.24) is 4.57 Å². The number of amides is 1. The number of methoxy groups -OCH3 is 1. The molecule has 0 aliphatic carbocycles. The van der Waals surface area contributed by atoms with Gasteiger partial charge >= 0.3 is 0 Å². The van der Waals surface area contributed by atoms with Crippen LogP contribution in [-0.4, -0.2) is 29.1 Å². The molecule has 7 nitrogen and oxygen atoms in total. The van der Waals surface area contributed by atoms with Gasteiger partial charge in [-0.25, -0.2) is 0 Å². The molecule has 3 aromatic rings. The van der Waals surface area contributed by atoms with E-state index in [0.29, 0.717) is 22.7 Å². The number of ether oxygens (including phenoxy) is 1. The van der Waals surface area contributed by atoms with Crippen molar-refractivity contribution in [3.05, 3.63) is 68.0 Å². The summed E-state index contributed by atoms with van der Waals surface area (Å²) in [6.07, 6.45) is 0.208. The van der Waals surface area contributed by atoms with E-state index in [9.17, 15) is 14.9 Å². The van der Waals surface area contributed by atoms with Gasteiger partial charge in [0, 0.05) is 25.8 Å². The van der Waals surface area contributed by atoms with E-state index in [1.165, 1.54) is 29.0 Å². The Morgan fingerprint density at radius 3 is 2.68 bits per heavy atom. The number of aromatic nitrogens is 1. The Hall–Kier alpha value is -2.84. The van der Waals surface area contributed by atoms with E-state index in [1.807, 2.05) is 36.6 Å². The standard InChI is InChI=1S/C20H21N3O4S/c1-13-4-5-15(10-14(13)2)11-19(24)21-20-22(8-9-27-3)17-7-6-16(23(25)26)12-18(17)28-20/h4-7,10,12H,8-9,11H2,1-3H3. The van der Waals surface area contributed by atoms with Crippen LogP contribution < -0.4 is 4.80 Å². The number of hydrogen-bond acceptors (Lipinski definition) is 5. The third-order valence-electron chi connectivity index (χ3n) is 4.54. The van der Waals surface area contributed by atoms with Crippen LogP contribution in [-0.2, 0) is 22.5 Å². The van der Waals surface area contributed by atoms with Crippen molar-refractivity contribution in [3.8, 4) is 0 Å². The normalized spacial score (nSPS) is 11.9. The van der Waals surface area contributed by atoms with Gasteiger partial charge < -0.3 is 9.30 Å². The topological polar surface area (TPSA) is 86.7 Å². The summed E-state index contributed by atoms with van der Waals surface area (Å²) < 4.78 is 7.73. The van der Waals surface area contributed by atoms with Crippen LogP contribution >= 0.6 is 11.3 Å². The first kappa shape index (κ1) is 19.9. The van der Waals surface area contributed by atoms with E-state index in [0.717, 1.165) is 16.6 Å². The summed E-state index contributed by atoms with van der Waals surface area (Å²) in [5, 5.41) is 11.0. The Kier molecular flexibility index (Phi) is 6.01. The number of carbonyl (C=O) groups is 1. The molecule has 1 heterocycles. The van der Waals surface area contributed by atoms with E-state index in [4.69, 9.17) is 4.74 Å². The largest absolute Gasteiger partial charge is 0.383 e. The van der Waals surface area contributed by atoms with Crippen LogP contribution in [0.3, 0.4) is 0 Å². The van der Waals surface area contributed by atoms with Crippen molar-refractivity contribution in [1.29, 1.82) is 0 Å². The van der Waals surface area contributed by atoms with Crippen LogP contribution in [0.25, 0.3) is 10.2 Å². The van der Waals surface area contributed by atoms with Gasteiger partial charge in [-0.2, -0.15) is 4.99 Å². The molecule has 0 aliphatic heterocycles. The molecule has 0 radical (unpaired) electrons. The van der Waals surface area contributed by atoms with Gasteiger partial charge in [-0.1, -0.05) is 29.5 Å². The fourth-order valence-electron chi connectivity index (χ4n) is 2.89. The van der Waals surface area contributed by atoms with Gasteiger partial charge in [-0.3, -0.25) is 14.9 Å². The van der Waals surface area contributed by atoms with E-state index >= 15 is 0 Å². The predicted molar refractivity (Wildman–Crippen MR) is 109 cm³/mol. The molecule has 1 aromatic heterocycles. The van der Waals surface area contributed by atoms with Gasteiger partial charge in [0.15, 0.2) is 4.80 Å². The lowest BCUT2D eigenvalue weighted by molar-refractivity contribution is -0.384. The van der Waals surface area contributed by atoms with Gasteiger partial charge in [0.1, 0.15) is 0 Å². The summed E-state index contributed by atoms with van der Waals surface area (Å²) in [7, 11) is 1.60. The first-order valence-electron chi connectivity index (χ1n) is 8.79. The predicted octanol–water partition coefficient (Wildman–Crippen LogP) is 3.54. The number of benzene rings is 2. The molecule has 2 aromatic carbocycles. The second kappa shape index (κ2) is 8.45. The summed E-state index contributed by atoms with van der Waals surface area (Å²) in [5.41, 5.74) is 4.04. The highest BCUT2D eigenvalue weighted by atomic mass is 32.1. The van der Waals surface area contributed by atoms with Crippen molar-refractivity contribution in [2.45, 2.75) is 26.8 Å². The average molecular weight is 399 g/mol. The van der Waals surface area contributed by atoms with Crippen LogP contribution in [0.4, 0.5) is 5.69 Å². The van der Waals surface area contributed by atoms with Gasteiger partial charge in [0.25, 0.3) is 11.6 Å². The fraction of sp³-hybridized carbons (Fsp3) is 0.300. The lowest BCUT2D eigenvalue weighted by atomic mass is 10.0. The smallest absolute Gasteiger partial charge is 0.270 e. The maximum absolute atomic E-state index is 12.5. The van der Waals surface area contributed by atoms with Crippen LogP contribution in [0.2, 0.25) is 0 Å². The summed E-state index contributed by atoms with van der Waals surface area (Å²) in [4.78, 5) is 28.0. The minimum absolute atomic E-state index is 0.0145.